The third kappa shape index (κ3) is 15.8. The highest BCUT2D eigenvalue weighted by Crippen LogP contribution is 2.27. The second-order valence-corrected chi connectivity index (χ2v) is 15.4. The number of allylic oxidation sites excluding steroid dienone is 6. The van der Waals surface area contributed by atoms with Gasteiger partial charge in [0.2, 0.25) is 0 Å². The van der Waals surface area contributed by atoms with Crippen LogP contribution in [0.4, 0.5) is 0 Å². The predicted octanol–water partition coefficient (Wildman–Crippen LogP) is 19.1. The third-order valence-corrected chi connectivity index (χ3v) is 10.8. The van der Waals surface area contributed by atoms with Gasteiger partial charge in [-0.05, 0) is 131 Å². The van der Waals surface area contributed by atoms with Gasteiger partial charge >= 0.3 is 0 Å². The summed E-state index contributed by atoms with van der Waals surface area (Å²) in [5.74, 6) is 0. The average molecular weight is 857 g/mol. The molecule has 0 bridgehead atoms. The van der Waals surface area contributed by atoms with Gasteiger partial charge in [-0.15, -0.1) is 0 Å². The lowest BCUT2D eigenvalue weighted by Gasteiger charge is -2.09. The van der Waals surface area contributed by atoms with Gasteiger partial charge < -0.3 is 0 Å². The van der Waals surface area contributed by atoms with Crippen LogP contribution >= 0.6 is 0 Å². The maximum Gasteiger partial charge on any atom is -0.0154 e. The van der Waals surface area contributed by atoms with Crippen LogP contribution in [-0.2, 0) is 0 Å². The standard InChI is InChI=1S/C19H16.C15H14.C13H12.C10H12.C9H10/c1-2-19(16-9-4-3-5-10-16)18-13-12-15-8-6-7-11-17(15)14-18;1-2-15(13-9-5-3-6-10-13)14-11-7-4-8-12-14;1-2-5-11-8-9-12-6-3-4-7-13(12)10-11;1-3-9(2)10-7-5-4-6-8-10;1-2-6-9-7-4-3-5-8-9/h2-14H,1H3;2-12H,1H3;2-10H,1H3;3-8H,1-2H3;2-8H,1H3/b19-2+;;5-2+;9-3+;6-2+. The zero-order chi connectivity index (χ0) is 46.6. The van der Waals surface area contributed by atoms with Gasteiger partial charge in [0, 0.05) is 0 Å². The van der Waals surface area contributed by atoms with Crippen LogP contribution in [0.5, 0.6) is 0 Å². The molecule has 0 amide bonds. The first-order valence-corrected chi connectivity index (χ1v) is 22.9. The van der Waals surface area contributed by atoms with Crippen LogP contribution in [0.1, 0.15) is 80.5 Å². The Hall–Kier alpha value is -7.80. The Bertz CT molecular complexity index is 2870. The van der Waals surface area contributed by atoms with Crippen molar-refractivity contribution in [2.75, 3.05) is 0 Å². The van der Waals surface area contributed by atoms with Crippen molar-refractivity contribution < 1.29 is 0 Å². The van der Waals surface area contributed by atoms with E-state index in [0.29, 0.717) is 0 Å². The van der Waals surface area contributed by atoms with E-state index in [1.54, 1.807) is 0 Å². The van der Waals surface area contributed by atoms with Gasteiger partial charge in [-0.25, -0.2) is 0 Å². The third-order valence-electron chi connectivity index (χ3n) is 10.8. The fourth-order valence-electron chi connectivity index (χ4n) is 7.34. The molecule has 0 radical (unpaired) electrons. The molecule has 9 aromatic rings. The van der Waals surface area contributed by atoms with Gasteiger partial charge in [-0.3, -0.25) is 0 Å². The van der Waals surface area contributed by atoms with E-state index in [0.717, 1.165) is 0 Å². The molecule has 0 atom stereocenters. The molecule has 0 N–H and O–H groups in total. The van der Waals surface area contributed by atoms with Crippen molar-refractivity contribution in [1.29, 1.82) is 0 Å². The topological polar surface area (TPSA) is 0 Å². The molecule has 9 aromatic carbocycles. The van der Waals surface area contributed by atoms with Crippen LogP contribution in [0.3, 0.4) is 0 Å². The van der Waals surface area contributed by atoms with E-state index in [2.05, 4.69) is 264 Å². The second-order valence-electron chi connectivity index (χ2n) is 15.4. The minimum Gasteiger partial charge on any atom is -0.0871 e. The highest BCUT2D eigenvalue weighted by molar-refractivity contribution is 5.89. The molecule has 9 rings (SSSR count). The van der Waals surface area contributed by atoms with E-state index in [9.17, 15) is 0 Å². The first kappa shape index (κ1) is 49.2. The van der Waals surface area contributed by atoms with Crippen molar-refractivity contribution in [1.82, 2.24) is 0 Å². The summed E-state index contributed by atoms with van der Waals surface area (Å²) in [5, 5.41) is 5.18. The zero-order valence-corrected chi connectivity index (χ0v) is 39.6. The molecule has 66 heavy (non-hydrogen) atoms. The highest BCUT2D eigenvalue weighted by Gasteiger charge is 2.05. The van der Waals surface area contributed by atoms with Gasteiger partial charge in [0.1, 0.15) is 0 Å². The number of rotatable bonds is 7. The van der Waals surface area contributed by atoms with Gasteiger partial charge in [-0.2, -0.15) is 0 Å². The number of fused-ring (bicyclic) bond motifs is 2. The van der Waals surface area contributed by atoms with Gasteiger partial charge in [-0.1, -0.05) is 267 Å². The summed E-state index contributed by atoms with van der Waals surface area (Å²) in [7, 11) is 0. The molecule has 0 heteroatoms. The number of hydrogen-bond donors (Lipinski definition) is 0. The highest BCUT2D eigenvalue weighted by atomic mass is 14.1. The predicted molar refractivity (Wildman–Crippen MR) is 294 cm³/mol. The molecule has 0 saturated carbocycles. The Kier molecular flexibility index (Phi) is 20.9. The van der Waals surface area contributed by atoms with Gasteiger partial charge in [0.05, 0.1) is 0 Å². The van der Waals surface area contributed by atoms with E-state index in [1.807, 2.05) is 56.3 Å². The van der Waals surface area contributed by atoms with E-state index >= 15 is 0 Å². The zero-order valence-electron chi connectivity index (χ0n) is 39.6. The van der Waals surface area contributed by atoms with Crippen LogP contribution in [0, 0.1) is 0 Å². The molecule has 0 nitrogen and oxygen atoms in total. The number of hydrogen-bond acceptors (Lipinski definition) is 0. The van der Waals surface area contributed by atoms with Crippen LogP contribution in [0.25, 0.3) is 50.4 Å². The summed E-state index contributed by atoms with van der Waals surface area (Å²) in [6.45, 7) is 12.4. The lowest BCUT2D eigenvalue weighted by Crippen LogP contribution is -1.87. The first-order valence-electron chi connectivity index (χ1n) is 22.9. The van der Waals surface area contributed by atoms with Crippen molar-refractivity contribution >= 4 is 50.4 Å². The van der Waals surface area contributed by atoms with E-state index < -0.39 is 0 Å². The summed E-state index contributed by atoms with van der Waals surface area (Å²) in [5.41, 5.74) is 12.8. The maximum absolute atomic E-state index is 2.26. The summed E-state index contributed by atoms with van der Waals surface area (Å²) in [6, 6.07) is 82.2. The van der Waals surface area contributed by atoms with Crippen LogP contribution in [0.2, 0.25) is 0 Å². The molecule has 0 fully saturated rings. The molecule has 328 valence electrons. The molecule has 0 unspecified atom stereocenters. The lowest BCUT2D eigenvalue weighted by atomic mass is 9.95. The second kappa shape index (κ2) is 28.1. The monoisotopic (exact) mass is 857 g/mol. The fraction of sp³-hybridized carbons (Fsp3) is 0.0909. The molecule has 0 aliphatic carbocycles. The Balaban J connectivity index is 0.000000159. The van der Waals surface area contributed by atoms with Crippen LogP contribution < -0.4 is 0 Å². The van der Waals surface area contributed by atoms with Crippen LogP contribution in [0.15, 0.2) is 267 Å². The summed E-state index contributed by atoms with van der Waals surface area (Å²) >= 11 is 0. The molecular formula is C66H64. The summed E-state index contributed by atoms with van der Waals surface area (Å²) in [6.07, 6.45) is 14.8. The number of benzene rings is 9. The molecule has 0 heterocycles. The summed E-state index contributed by atoms with van der Waals surface area (Å²) < 4.78 is 0. The largest absolute Gasteiger partial charge is 0.0871 e. The normalized spacial score (nSPS) is 10.9. The molecule has 0 aliphatic heterocycles. The van der Waals surface area contributed by atoms with E-state index in [1.165, 1.54) is 77.2 Å². The molecule has 0 saturated heterocycles. The minimum atomic E-state index is 1.26. The summed E-state index contributed by atoms with van der Waals surface area (Å²) in [4.78, 5) is 0. The molecular weight excluding hydrogens is 793 g/mol. The Morgan fingerprint density at radius 2 is 0.621 bits per heavy atom. The van der Waals surface area contributed by atoms with Crippen molar-refractivity contribution in [3.8, 4) is 0 Å². The quantitative estimate of drug-likeness (QED) is 0.150. The van der Waals surface area contributed by atoms with Gasteiger partial charge in [0.25, 0.3) is 0 Å². The minimum absolute atomic E-state index is 1.26. The Morgan fingerprint density at radius 1 is 0.273 bits per heavy atom. The molecule has 0 spiro atoms. The van der Waals surface area contributed by atoms with E-state index in [4.69, 9.17) is 0 Å². The lowest BCUT2D eigenvalue weighted by molar-refractivity contribution is 1.53. The maximum atomic E-state index is 2.26. The van der Waals surface area contributed by atoms with Crippen LogP contribution in [-0.4, -0.2) is 0 Å². The smallest absolute Gasteiger partial charge is 0.0154 e. The first-order chi connectivity index (χ1) is 32.5. The van der Waals surface area contributed by atoms with Crippen molar-refractivity contribution in [2.24, 2.45) is 0 Å². The fourth-order valence-corrected chi connectivity index (χ4v) is 7.34. The van der Waals surface area contributed by atoms with Crippen molar-refractivity contribution in [3.05, 3.63) is 306 Å². The van der Waals surface area contributed by atoms with Crippen molar-refractivity contribution in [2.45, 2.75) is 41.5 Å². The average Bonchev–Trinajstić information content (AvgIpc) is 3.39. The SMILES string of the molecule is C/C=C(\C)c1ccccc1.C/C=C(\c1ccccc1)c1ccc2ccccc2c1.C/C=C/c1ccc2ccccc2c1.C/C=C/c1ccccc1.CC=C(c1ccccc1)c1ccccc1. The van der Waals surface area contributed by atoms with Crippen molar-refractivity contribution in [3.63, 3.8) is 0 Å². The van der Waals surface area contributed by atoms with Gasteiger partial charge in [0.15, 0.2) is 0 Å². The Labute approximate surface area is 396 Å². The van der Waals surface area contributed by atoms with E-state index in [-0.39, 0.29) is 0 Å². The Morgan fingerprint density at radius 3 is 1.05 bits per heavy atom. The molecule has 0 aliphatic rings. The molecule has 0 aromatic heterocycles.